The molecule has 0 bridgehead atoms. The van der Waals surface area contributed by atoms with Crippen LogP contribution in [0.4, 0.5) is 11.4 Å². The zero-order valence-corrected chi connectivity index (χ0v) is 15.4. The number of nitrogens with two attached hydrogens (primary N) is 1. The normalized spacial score (nSPS) is 17.0. The number of anilines is 1. The molecule has 4 rings (SSSR count). The van der Waals surface area contributed by atoms with E-state index in [4.69, 9.17) is 21.1 Å². The lowest BCUT2D eigenvalue weighted by Crippen LogP contribution is -2.24. The molecule has 0 aromatic heterocycles. The molecule has 0 fully saturated rings. The van der Waals surface area contributed by atoms with Crippen molar-refractivity contribution in [2.24, 2.45) is 9.98 Å². The molecule has 0 unspecified atom stereocenters. The second kappa shape index (κ2) is 7.70. The standard InChI is InChI=1S/C23H24N4/c24-15-18-14-19(10-11-21(18)25)27-22(17-7-2-1-3-8-17)23-20-9-5-4-6-16(20)12-13-26-23/h4-7,9-11,14-15,24H,1-3,8,12-13,25H2/b24-15?,27-22+. The Kier molecular flexibility index (Phi) is 4.97. The van der Waals surface area contributed by atoms with Gasteiger partial charge in [-0.3, -0.25) is 4.99 Å². The average Bonchev–Trinajstić information content (AvgIpc) is 2.73. The summed E-state index contributed by atoms with van der Waals surface area (Å²) in [4.78, 5) is 9.89. The predicted molar refractivity (Wildman–Crippen MR) is 114 cm³/mol. The summed E-state index contributed by atoms with van der Waals surface area (Å²) < 4.78 is 0. The van der Waals surface area contributed by atoms with Crippen molar-refractivity contribution in [3.63, 3.8) is 0 Å². The minimum absolute atomic E-state index is 0.600. The molecule has 1 aliphatic heterocycles. The van der Waals surface area contributed by atoms with Gasteiger partial charge in [-0.2, -0.15) is 0 Å². The molecule has 0 saturated heterocycles. The fourth-order valence-electron chi connectivity index (χ4n) is 3.76. The summed E-state index contributed by atoms with van der Waals surface area (Å²) in [5, 5.41) is 7.56. The van der Waals surface area contributed by atoms with Gasteiger partial charge in [0.15, 0.2) is 0 Å². The number of allylic oxidation sites excluding steroid dienone is 2. The SMILES string of the molecule is N=Cc1cc(/N=C(\C2=CCCCC2)C2=NCCc3ccccc32)ccc1N. The average molecular weight is 356 g/mol. The molecular weight excluding hydrogens is 332 g/mol. The maximum absolute atomic E-state index is 7.56. The summed E-state index contributed by atoms with van der Waals surface area (Å²) in [6.07, 6.45) is 9.13. The smallest absolute Gasteiger partial charge is 0.0923 e. The zero-order valence-electron chi connectivity index (χ0n) is 15.4. The molecule has 3 N–H and O–H groups in total. The Morgan fingerprint density at radius 3 is 2.81 bits per heavy atom. The van der Waals surface area contributed by atoms with Crippen LogP contribution in [-0.2, 0) is 6.42 Å². The van der Waals surface area contributed by atoms with Crippen LogP contribution in [0, 0.1) is 5.41 Å². The van der Waals surface area contributed by atoms with Crippen LogP contribution in [-0.4, -0.2) is 24.2 Å². The van der Waals surface area contributed by atoms with Crippen molar-refractivity contribution in [2.75, 3.05) is 12.3 Å². The van der Waals surface area contributed by atoms with Crippen molar-refractivity contribution in [2.45, 2.75) is 32.1 Å². The van der Waals surface area contributed by atoms with Crippen LogP contribution < -0.4 is 5.73 Å². The highest BCUT2D eigenvalue weighted by Crippen LogP contribution is 2.27. The predicted octanol–water partition coefficient (Wildman–Crippen LogP) is 4.88. The van der Waals surface area contributed by atoms with E-state index in [1.54, 1.807) is 0 Å². The molecule has 0 radical (unpaired) electrons. The molecule has 0 amide bonds. The number of nitrogens with one attached hydrogen (secondary N) is 1. The van der Waals surface area contributed by atoms with Crippen LogP contribution in [0.25, 0.3) is 0 Å². The van der Waals surface area contributed by atoms with Crippen LogP contribution in [0.1, 0.15) is 42.4 Å². The third kappa shape index (κ3) is 3.61. The molecule has 4 heteroatoms. The summed E-state index contributed by atoms with van der Waals surface area (Å²) in [5.74, 6) is 0. The van der Waals surface area contributed by atoms with E-state index in [9.17, 15) is 0 Å². The van der Waals surface area contributed by atoms with Crippen LogP contribution >= 0.6 is 0 Å². The van der Waals surface area contributed by atoms with Crippen molar-refractivity contribution < 1.29 is 0 Å². The topological polar surface area (TPSA) is 74.6 Å². The molecule has 1 heterocycles. The Morgan fingerprint density at radius 1 is 1.11 bits per heavy atom. The number of rotatable bonds is 4. The fourth-order valence-corrected chi connectivity index (χ4v) is 3.76. The second-order valence-corrected chi connectivity index (χ2v) is 7.03. The molecule has 0 saturated carbocycles. The lowest BCUT2D eigenvalue weighted by atomic mass is 9.88. The maximum atomic E-state index is 7.56. The fraction of sp³-hybridized carbons (Fsp3) is 0.261. The van der Waals surface area contributed by atoms with Crippen molar-refractivity contribution in [1.29, 1.82) is 5.41 Å². The van der Waals surface area contributed by atoms with E-state index in [-0.39, 0.29) is 0 Å². The highest BCUT2D eigenvalue weighted by Gasteiger charge is 2.22. The first kappa shape index (κ1) is 17.4. The monoisotopic (exact) mass is 356 g/mol. The number of hydrogen-bond acceptors (Lipinski definition) is 4. The Hall–Kier alpha value is -3.01. The number of hydrogen-bond donors (Lipinski definition) is 2. The zero-order chi connectivity index (χ0) is 18.6. The van der Waals surface area contributed by atoms with Crippen LogP contribution in [0.5, 0.6) is 0 Å². The van der Waals surface area contributed by atoms with Crippen molar-refractivity contribution in [3.8, 4) is 0 Å². The molecule has 2 aromatic rings. The highest BCUT2D eigenvalue weighted by atomic mass is 14.8. The Morgan fingerprint density at radius 2 is 2.00 bits per heavy atom. The molecule has 2 aromatic carbocycles. The van der Waals surface area contributed by atoms with E-state index in [0.29, 0.717) is 11.3 Å². The van der Waals surface area contributed by atoms with Crippen LogP contribution in [0.3, 0.4) is 0 Å². The van der Waals surface area contributed by atoms with E-state index in [2.05, 4.69) is 30.3 Å². The first-order valence-electron chi connectivity index (χ1n) is 9.57. The third-order valence-electron chi connectivity index (χ3n) is 5.21. The summed E-state index contributed by atoms with van der Waals surface area (Å²) >= 11 is 0. The van der Waals surface area contributed by atoms with Gasteiger partial charge in [0.05, 0.1) is 17.1 Å². The number of nitrogens with zero attached hydrogens (tertiary/aromatic N) is 2. The lowest BCUT2D eigenvalue weighted by Gasteiger charge is -2.22. The van der Waals surface area contributed by atoms with E-state index in [1.165, 1.54) is 35.8 Å². The van der Waals surface area contributed by atoms with Gasteiger partial charge in [-0.1, -0.05) is 30.3 Å². The van der Waals surface area contributed by atoms with Gasteiger partial charge in [-0.15, -0.1) is 0 Å². The van der Waals surface area contributed by atoms with Gasteiger partial charge in [0.1, 0.15) is 0 Å². The van der Waals surface area contributed by atoms with Crippen molar-refractivity contribution >= 4 is 29.0 Å². The van der Waals surface area contributed by atoms with E-state index < -0.39 is 0 Å². The third-order valence-corrected chi connectivity index (χ3v) is 5.21. The molecule has 4 nitrogen and oxygen atoms in total. The highest BCUT2D eigenvalue weighted by molar-refractivity contribution is 6.54. The van der Waals surface area contributed by atoms with E-state index in [0.717, 1.165) is 42.9 Å². The van der Waals surface area contributed by atoms with Gasteiger partial charge >= 0.3 is 0 Å². The number of fused-ring (bicyclic) bond motifs is 1. The van der Waals surface area contributed by atoms with Gasteiger partial charge in [0, 0.05) is 29.6 Å². The van der Waals surface area contributed by atoms with Gasteiger partial charge in [0.25, 0.3) is 0 Å². The number of aliphatic imine (C=N–C) groups is 2. The molecule has 1 aliphatic carbocycles. The van der Waals surface area contributed by atoms with Crippen LogP contribution in [0.15, 0.2) is 64.1 Å². The second-order valence-electron chi connectivity index (χ2n) is 7.03. The van der Waals surface area contributed by atoms with Gasteiger partial charge in [-0.25, -0.2) is 4.99 Å². The van der Waals surface area contributed by atoms with Crippen LogP contribution in [0.2, 0.25) is 0 Å². The lowest BCUT2D eigenvalue weighted by molar-refractivity contribution is 0.718. The summed E-state index contributed by atoms with van der Waals surface area (Å²) in [6.45, 7) is 0.798. The number of benzene rings is 2. The Labute approximate surface area is 160 Å². The minimum Gasteiger partial charge on any atom is -0.398 e. The summed E-state index contributed by atoms with van der Waals surface area (Å²) in [7, 11) is 0. The molecule has 0 atom stereocenters. The van der Waals surface area contributed by atoms with E-state index >= 15 is 0 Å². The molecule has 2 aliphatic rings. The summed E-state index contributed by atoms with van der Waals surface area (Å²) in [5.41, 5.74) is 13.8. The van der Waals surface area contributed by atoms with Gasteiger partial charge in [-0.05, 0) is 61.4 Å². The Balaban J connectivity index is 1.84. The molecule has 0 spiro atoms. The van der Waals surface area contributed by atoms with Gasteiger partial charge < -0.3 is 11.1 Å². The molecular formula is C23H24N4. The maximum Gasteiger partial charge on any atom is 0.0923 e. The van der Waals surface area contributed by atoms with Crippen molar-refractivity contribution in [1.82, 2.24) is 0 Å². The molecule has 27 heavy (non-hydrogen) atoms. The summed E-state index contributed by atoms with van der Waals surface area (Å²) in [6, 6.07) is 14.1. The quantitative estimate of drug-likeness (QED) is 0.594. The van der Waals surface area contributed by atoms with Gasteiger partial charge in [0.2, 0.25) is 0 Å². The Bertz CT molecular complexity index is 966. The van der Waals surface area contributed by atoms with Crippen molar-refractivity contribution in [3.05, 3.63) is 70.8 Å². The largest absolute Gasteiger partial charge is 0.398 e. The van der Waals surface area contributed by atoms with E-state index in [1.807, 2.05) is 18.2 Å². The molecule has 136 valence electrons. The first-order valence-corrected chi connectivity index (χ1v) is 9.57. The first-order chi connectivity index (χ1) is 13.3. The number of nitrogen functional groups attached to an aromatic ring is 1. The minimum atomic E-state index is 0.600.